The Hall–Kier alpha value is -2.29. The molecule has 0 fully saturated rings. The third kappa shape index (κ3) is 2.20. The van der Waals surface area contributed by atoms with Gasteiger partial charge in [-0.3, -0.25) is 4.79 Å². The Labute approximate surface area is 106 Å². The zero-order valence-corrected chi connectivity index (χ0v) is 10.3. The molecule has 2 rings (SSSR count). The highest BCUT2D eigenvalue weighted by Gasteiger charge is 2.10. The van der Waals surface area contributed by atoms with Crippen LogP contribution in [0, 0.1) is 0 Å². The monoisotopic (exact) mass is 242 g/mol. The molecular weight excluding hydrogens is 228 g/mol. The zero-order chi connectivity index (χ0) is 13.0. The van der Waals surface area contributed by atoms with Crippen LogP contribution >= 0.6 is 0 Å². The van der Waals surface area contributed by atoms with Gasteiger partial charge in [-0.05, 0) is 23.8 Å². The van der Waals surface area contributed by atoms with E-state index in [1.54, 1.807) is 20.3 Å². The van der Waals surface area contributed by atoms with Gasteiger partial charge in [0.25, 0.3) is 0 Å². The summed E-state index contributed by atoms with van der Waals surface area (Å²) in [6, 6.07) is 12.9. The summed E-state index contributed by atoms with van der Waals surface area (Å²) in [7, 11) is 3.21. The lowest BCUT2D eigenvalue weighted by Crippen LogP contribution is -1.93. The number of hydrogen-bond donors (Lipinski definition) is 0. The van der Waals surface area contributed by atoms with Crippen molar-refractivity contribution in [1.29, 1.82) is 0 Å². The first kappa shape index (κ1) is 12.2. The Morgan fingerprint density at radius 3 is 2.39 bits per heavy atom. The van der Waals surface area contributed by atoms with Crippen molar-refractivity contribution in [2.45, 2.75) is 0 Å². The van der Waals surface area contributed by atoms with E-state index in [1.807, 2.05) is 36.4 Å². The van der Waals surface area contributed by atoms with Gasteiger partial charge in [0.15, 0.2) is 6.29 Å². The second-order valence-corrected chi connectivity index (χ2v) is 3.77. The van der Waals surface area contributed by atoms with Crippen molar-refractivity contribution in [1.82, 2.24) is 0 Å². The molecule has 0 radical (unpaired) electrons. The maximum absolute atomic E-state index is 11.1. The van der Waals surface area contributed by atoms with Crippen LogP contribution in [0.15, 0.2) is 42.5 Å². The second kappa shape index (κ2) is 5.36. The topological polar surface area (TPSA) is 35.5 Å². The average molecular weight is 242 g/mol. The SMILES string of the molecule is COc1ccc(OC)c(-c2ccccc2C=O)c1. The lowest BCUT2D eigenvalue weighted by molar-refractivity contribution is 0.112. The van der Waals surface area contributed by atoms with E-state index in [-0.39, 0.29) is 0 Å². The van der Waals surface area contributed by atoms with Gasteiger partial charge in [0, 0.05) is 11.1 Å². The molecule has 0 N–H and O–H groups in total. The lowest BCUT2D eigenvalue weighted by atomic mass is 9.99. The first-order valence-electron chi connectivity index (χ1n) is 5.56. The van der Waals surface area contributed by atoms with E-state index in [0.29, 0.717) is 11.3 Å². The molecule has 0 unspecified atom stereocenters. The van der Waals surface area contributed by atoms with Gasteiger partial charge in [-0.15, -0.1) is 0 Å². The van der Waals surface area contributed by atoms with E-state index >= 15 is 0 Å². The first-order valence-corrected chi connectivity index (χ1v) is 5.56. The molecule has 0 saturated carbocycles. The molecule has 3 nitrogen and oxygen atoms in total. The van der Waals surface area contributed by atoms with Crippen LogP contribution in [0.2, 0.25) is 0 Å². The lowest BCUT2D eigenvalue weighted by Gasteiger charge is -2.12. The van der Waals surface area contributed by atoms with Gasteiger partial charge in [-0.2, -0.15) is 0 Å². The van der Waals surface area contributed by atoms with Crippen molar-refractivity contribution in [2.24, 2.45) is 0 Å². The van der Waals surface area contributed by atoms with Gasteiger partial charge in [-0.25, -0.2) is 0 Å². The standard InChI is InChI=1S/C15H14O3/c1-17-12-7-8-15(18-2)14(9-12)13-6-4-3-5-11(13)10-16/h3-10H,1-2H3. The van der Waals surface area contributed by atoms with Crippen molar-refractivity contribution < 1.29 is 14.3 Å². The Morgan fingerprint density at radius 2 is 1.72 bits per heavy atom. The summed E-state index contributed by atoms with van der Waals surface area (Å²) in [6.45, 7) is 0. The van der Waals surface area contributed by atoms with Crippen LogP contribution in [0.25, 0.3) is 11.1 Å². The summed E-state index contributed by atoms with van der Waals surface area (Å²) in [5, 5.41) is 0. The molecule has 0 aliphatic carbocycles. The molecule has 18 heavy (non-hydrogen) atoms. The van der Waals surface area contributed by atoms with E-state index in [1.165, 1.54) is 0 Å². The molecule has 2 aromatic rings. The minimum absolute atomic E-state index is 0.629. The summed E-state index contributed by atoms with van der Waals surface area (Å²) >= 11 is 0. The number of carbonyl (C=O) groups excluding carboxylic acids is 1. The highest BCUT2D eigenvalue weighted by Crippen LogP contribution is 2.34. The predicted octanol–water partition coefficient (Wildman–Crippen LogP) is 3.18. The van der Waals surface area contributed by atoms with Crippen molar-refractivity contribution in [3.05, 3.63) is 48.0 Å². The molecule has 92 valence electrons. The molecule has 0 bridgehead atoms. The van der Waals surface area contributed by atoms with Crippen molar-refractivity contribution in [3.8, 4) is 22.6 Å². The van der Waals surface area contributed by atoms with E-state index < -0.39 is 0 Å². The number of benzene rings is 2. The molecule has 0 aliphatic rings. The van der Waals surface area contributed by atoms with Crippen LogP contribution in [0.1, 0.15) is 10.4 Å². The number of carbonyl (C=O) groups is 1. The van der Waals surface area contributed by atoms with E-state index in [2.05, 4.69) is 0 Å². The molecule has 0 saturated heterocycles. The maximum Gasteiger partial charge on any atom is 0.150 e. The molecule has 0 heterocycles. The summed E-state index contributed by atoms with van der Waals surface area (Å²) < 4.78 is 10.5. The fourth-order valence-electron chi connectivity index (χ4n) is 1.87. The fourth-order valence-corrected chi connectivity index (χ4v) is 1.87. The Kier molecular flexibility index (Phi) is 3.63. The van der Waals surface area contributed by atoms with Crippen molar-refractivity contribution in [3.63, 3.8) is 0 Å². The largest absolute Gasteiger partial charge is 0.497 e. The van der Waals surface area contributed by atoms with Crippen LogP contribution < -0.4 is 9.47 Å². The average Bonchev–Trinajstić information content (AvgIpc) is 2.46. The van der Waals surface area contributed by atoms with E-state index in [9.17, 15) is 4.79 Å². The number of methoxy groups -OCH3 is 2. The van der Waals surface area contributed by atoms with Crippen LogP contribution in [0.4, 0.5) is 0 Å². The van der Waals surface area contributed by atoms with Gasteiger partial charge in [0.1, 0.15) is 11.5 Å². The second-order valence-electron chi connectivity index (χ2n) is 3.77. The van der Waals surface area contributed by atoms with Gasteiger partial charge in [-0.1, -0.05) is 24.3 Å². The Morgan fingerprint density at radius 1 is 0.944 bits per heavy atom. The smallest absolute Gasteiger partial charge is 0.150 e. The molecule has 2 aromatic carbocycles. The normalized spacial score (nSPS) is 9.89. The Bertz CT molecular complexity index is 561. The summed E-state index contributed by atoms with van der Waals surface area (Å²) in [5.74, 6) is 1.44. The Balaban J connectivity index is 2.64. The van der Waals surface area contributed by atoms with Crippen LogP contribution in [-0.2, 0) is 0 Å². The maximum atomic E-state index is 11.1. The summed E-state index contributed by atoms with van der Waals surface area (Å²) in [4.78, 5) is 11.1. The fraction of sp³-hybridized carbons (Fsp3) is 0.133. The van der Waals surface area contributed by atoms with E-state index in [4.69, 9.17) is 9.47 Å². The molecule has 0 atom stereocenters. The van der Waals surface area contributed by atoms with Gasteiger partial charge >= 0.3 is 0 Å². The van der Waals surface area contributed by atoms with Crippen LogP contribution in [-0.4, -0.2) is 20.5 Å². The zero-order valence-electron chi connectivity index (χ0n) is 10.3. The highest BCUT2D eigenvalue weighted by molar-refractivity contribution is 5.89. The van der Waals surface area contributed by atoms with E-state index in [0.717, 1.165) is 23.2 Å². The predicted molar refractivity (Wildman–Crippen MR) is 70.4 cm³/mol. The minimum Gasteiger partial charge on any atom is -0.497 e. The number of rotatable bonds is 4. The number of aldehydes is 1. The molecule has 0 aromatic heterocycles. The summed E-state index contributed by atoms with van der Waals surface area (Å²) in [6.07, 6.45) is 0.842. The number of hydrogen-bond acceptors (Lipinski definition) is 3. The quantitative estimate of drug-likeness (QED) is 0.772. The van der Waals surface area contributed by atoms with Crippen molar-refractivity contribution in [2.75, 3.05) is 14.2 Å². The molecule has 3 heteroatoms. The van der Waals surface area contributed by atoms with Crippen LogP contribution in [0.3, 0.4) is 0 Å². The molecule has 0 aliphatic heterocycles. The van der Waals surface area contributed by atoms with Crippen molar-refractivity contribution >= 4 is 6.29 Å². The molecular formula is C15H14O3. The molecule has 0 spiro atoms. The third-order valence-corrected chi connectivity index (χ3v) is 2.78. The summed E-state index contributed by atoms with van der Waals surface area (Å²) in [5.41, 5.74) is 2.31. The van der Waals surface area contributed by atoms with Crippen LogP contribution in [0.5, 0.6) is 11.5 Å². The molecule has 0 amide bonds. The van der Waals surface area contributed by atoms with Gasteiger partial charge in [0.2, 0.25) is 0 Å². The minimum atomic E-state index is 0.629. The third-order valence-electron chi connectivity index (χ3n) is 2.78. The van der Waals surface area contributed by atoms with Gasteiger partial charge < -0.3 is 9.47 Å². The number of ether oxygens (including phenoxy) is 2. The highest BCUT2D eigenvalue weighted by atomic mass is 16.5. The first-order chi connectivity index (χ1) is 8.80. The van der Waals surface area contributed by atoms with Gasteiger partial charge in [0.05, 0.1) is 14.2 Å².